The molecule has 0 aliphatic carbocycles. The summed E-state index contributed by atoms with van der Waals surface area (Å²) in [6.07, 6.45) is 6.49. The summed E-state index contributed by atoms with van der Waals surface area (Å²) in [5.41, 5.74) is 3.04. The maximum atomic E-state index is 13.3. The quantitative estimate of drug-likeness (QED) is 0.556. The molecule has 1 aliphatic rings. The number of imidazole rings is 1. The summed E-state index contributed by atoms with van der Waals surface area (Å²) >= 11 is 0. The number of aromatic nitrogens is 4. The summed E-state index contributed by atoms with van der Waals surface area (Å²) < 4.78 is 15.4. The first-order valence-electron chi connectivity index (χ1n) is 9.04. The van der Waals surface area contributed by atoms with E-state index in [9.17, 15) is 4.39 Å². The van der Waals surface area contributed by atoms with Gasteiger partial charge in [0, 0.05) is 42.7 Å². The minimum atomic E-state index is -0.243. The zero-order valence-corrected chi connectivity index (χ0v) is 14.7. The van der Waals surface area contributed by atoms with E-state index in [1.807, 2.05) is 36.8 Å². The molecule has 0 radical (unpaired) electrons. The monoisotopic (exact) mass is 359 g/mol. The van der Waals surface area contributed by atoms with Gasteiger partial charge in [0.2, 0.25) is 5.78 Å². The Morgan fingerprint density at radius 2 is 1.81 bits per heavy atom. The van der Waals surface area contributed by atoms with E-state index in [1.165, 1.54) is 17.8 Å². The van der Waals surface area contributed by atoms with Crippen LogP contribution in [0.5, 0.6) is 0 Å². The van der Waals surface area contributed by atoms with E-state index in [1.54, 1.807) is 12.1 Å². The van der Waals surface area contributed by atoms with Crippen molar-refractivity contribution in [1.29, 1.82) is 0 Å². The molecule has 4 aromatic rings. The Hall–Kier alpha value is -3.28. The van der Waals surface area contributed by atoms with Crippen molar-refractivity contribution in [3.8, 4) is 11.3 Å². The van der Waals surface area contributed by atoms with E-state index < -0.39 is 0 Å². The molecule has 3 aromatic heterocycles. The van der Waals surface area contributed by atoms with E-state index in [2.05, 4.69) is 30.3 Å². The number of rotatable bonds is 3. The Labute approximate surface area is 156 Å². The molecule has 134 valence electrons. The summed E-state index contributed by atoms with van der Waals surface area (Å²) in [5, 5.41) is 0. The average Bonchev–Trinajstić information content (AvgIpc) is 3.37. The zero-order valence-electron chi connectivity index (χ0n) is 14.7. The maximum Gasteiger partial charge on any atom is 0.234 e. The van der Waals surface area contributed by atoms with Crippen LogP contribution in [0.1, 0.15) is 18.0 Å². The van der Waals surface area contributed by atoms with Crippen molar-refractivity contribution in [3.63, 3.8) is 0 Å². The van der Waals surface area contributed by atoms with Crippen molar-refractivity contribution >= 4 is 11.6 Å². The number of pyridine rings is 1. The zero-order chi connectivity index (χ0) is 18.2. The second-order valence-electron chi connectivity index (χ2n) is 6.77. The number of halogens is 1. The number of hydrogen-bond donors (Lipinski definition) is 0. The SMILES string of the molecule is Fc1ccc(-c2cnc3nccc(C4CCN(c5ccccn5)C4)n23)cc1. The molecular weight excluding hydrogens is 341 g/mol. The fourth-order valence-electron chi connectivity index (χ4n) is 3.84. The lowest BCUT2D eigenvalue weighted by molar-refractivity contribution is 0.628. The largest absolute Gasteiger partial charge is 0.356 e. The molecule has 27 heavy (non-hydrogen) atoms. The van der Waals surface area contributed by atoms with Crippen molar-refractivity contribution in [2.75, 3.05) is 18.0 Å². The topological polar surface area (TPSA) is 46.3 Å². The van der Waals surface area contributed by atoms with Gasteiger partial charge in [0.15, 0.2) is 0 Å². The Bertz CT molecular complexity index is 1070. The van der Waals surface area contributed by atoms with Crippen LogP contribution in [0.4, 0.5) is 10.2 Å². The minimum Gasteiger partial charge on any atom is -0.356 e. The van der Waals surface area contributed by atoms with Crippen LogP contribution in [-0.4, -0.2) is 32.4 Å². The summed E-state index contributed by atoms with van der Waals surface area (Å²) in [4.78, 5) is 15.6. The fraction of sp³-hybridized carbons (Fsp3) is 0.190. The van der Waals surface area contributed by atoms with Crippen molar-refractivity contribution in [2.45, 2.75) is 12.3 Å². The third kappa shape index (κ3) is 2.83. The highest BCUT2D eigenvalue weighted by Crippen LogP contribution is 2.32. The fourth-order valence-corrected chi connectivity index (χ4v) is 3.84. The van der Waals surface area contributed by atoms with E-state index in [-0.39, 0.29) is 5.82 Å². The van der Waals surface area contributed by atoms with Gasteiger partial charge in [-0.2, -0.15) is 0 Å². The van der Waals surface area contributed by atoms with Gasteiger partial charge in [0.05, 0.1) is 11.9 Å². The van der Waals surface area contributed by atoms with E-state index >= 15 is 0 Å². The lowest BCUT2D eigenvalue weighted by Gasteiger charge is -2.18. The van der Waals surface area contributed by atoms with Crippen molar-refractivity contribution < 1.29 is 4.39 Å². The van der Waals surface area contributed by atoms with Crippen molar-refractivity contribution in [2.24, 2.45) is 0 Å². The van der Waals surface area contributed by atoms with E-state index in [0.717, 1.165) is 36.6 Å². The summed E-state index contributed by atoms with van der Waals surface area (Å²) in [6, 6.07) is 14.6. The van der Waals surface area contributed by atoms with Crippen LogP contribution in [0.2, 0.25) is 0 Å². The molecule has 4 heterocycles. The minimum absolute atomic E-state index is 0.243. The third-order valence-corrected chi connectivity index (χ3v) is 5.16. The molecule has 0 amide bonds. The molecule has 1 aliphatic heterocycles. The second kappa shape index (κ2) is 6.46. The lowest BCUT2D eigenvalue weighted by atomic mass is 10.0. The molecule has 1 saturated heterocycles. The van der Waals surface area contributed by atoms with Crippen LogP contribution in [0.25, 0.3) is 17.0 Å². The van der Waals surface area contributed by atoms with Gasteiger partial charge in [0.25, 0.3) is 0 Å². The summed E-state index contributed by atoms with van der Waals surface area (Å²) in [5.74, 6) is 1.79. The number of fused-ring (bicyclic) bond motifs is 1. The number of anilines is 1. The second-order valence-corrected chi connectivity index (χ2v) is 6.77. The van der Waals surface area contributed by atoms with Gasteiger partial charge in [-0.15, -0.1) is 0 Å². The molecule has 1 unspecified atom stereocenters. The van der Waals surface area contributed by atoms with Crippen LogP contribution in [0.3, 0.4) is 0 Å². The molecule has 1 atom stereocenters. The van der Waals surface area contributed by atoms with Crippen LogP contribution >= 0.6 is 0 Å². The average molecular weight is 359 g/mol. The first-order chi connectivity index (χ1) is 13.3. The molecule has 5 rings (SSSR count). The Kier molecular flexibility index (Phi) is 3.81. The molecule has 5 nitrogen and oxygen atoms in total. The standard InChI is InChI=1S/C21H18FN5/c22-17-6-4-15(5-7-17)19-13-25-21-24-11-8-18(27(19)21)16-9-12-26(14-16)20-3-1-2-10-23-20/h1-8,10-11,13,16H,9,12,14H2. The van der Waals surface area contributed by atoms with Crippen LogP contribution < -0.4 is 4.90 Å². The summed E-state index contributed by atoms with van der Waals surface area (Å²) in [7, 11) is 0. The first kappa shape index (κ1) is 15.9. The molecule has 1 aromatic carbocycles. The highest BCUT2D eigenvalue weighted by Gasteiger charge is 2.27. The maximum absolute atomic E-state index is 13.3. The van der Waals surface area contributed by atoms with Crippen LogP contribution in [0.15, 0.2) is 67.1 Å². The van der Waals surface area contributed by atoms with Gasteiger partial charge >= 0.3 is 0 Å². The van der Waals surface area contributed by atoms with Gasteiger partial charge in [-0.3, -0.25) is 4.40 Å². The van der Waals surface area contributed by atoms with Crippen LogP contribution in [-0.2, 0) is 0 Å². The Morgan fingerprint density at radius 3 is 2.63 bits per heavy atom. The van der Waals surface area contributed by atoms with Gasteiger partial charge in [-0.05, 0) is 48.9 Å². The number of hydrogen-bond acceptors (Lipinski definition) is 4. The molecule has 0 N–H and O–H groups in total. The molecule has 0 bridgehead atoms. The number of benzene rings is 1. The van der Waals surface area contributed by atoms with Crippen LogP contribution in [0, 0.1) is 5.82 Å². The third-order valence-electron chi connectivity index (χ3n) is 5.16. The smallest absolute Gasteiger partial charge is 0.234 e. The summed E-state index contributed by atoms with van der Waals surface area (Å²) in [6.45, 7) is 1.86. The predicted octanol–water partition coefficient (Wildman–Crippen LogP) is 3.92. The highest BCUT2D eigenvalue weighted by molar-refractivity contribution is 5.63. The van der Waals surface area contributed by atoms with Gasteiger partial charge in [0.1, 0.15) is 11.6 Å². The molecule has 6 heteroatoms. The van der Waals surface area contributed by atoms with Gasteiger partial charge < -0.3 is 4.90 Å². The Morgan fingerprint density at radius 1 is 0.926 bits per heavy atom. The Balaban J connectivity index is 1.54. The van der Waals surface area contributed by atoms with E-state index in [4.69, 9.17) is 0 Å². The first-order valence-corrected chi connectivity index (χ1v) is 9.04. The van der Waals surface area contributed by atoms with Gasteiger partial charge in [-0.1, -0.05) is 6.07 Å². The number of nitrogens with zero attached hydrogens (tertiary/aromatic N) is 5. The van der Waals surface area contributed by atoms with E-state index in [0.29, 0.717) is 11.7 Å². The lowest BCUT2D eigenvalue weighted by Crippen LogP contribution is -2.20. The van der Waals surface area contributed by atoms with Gasteiger partial charge in [-0.25, -0.2) is 19.3 Å². The van der Waals surface area contributed by atoms with Crippen molar-refractivity contribution in [3.05, 3.63) is 78.6 Å². The molecule has 0 saturated carbocycles. The molecule has 1 fully saturated rings. The molecule has 0 spiro atoms. The predicted molar refractivity (Wildman–Crippen MR) is 102 cm³/mol. The van der Waals surface area contributed by atoms with Crippen molar-refractivity contribution in [1.82, 2.24) is 19.4 Å². The normalized spacial score (nSPS) is 16.9. The molecular formula is C21H18FN5. The highest BCUT2D eigenvalue weighted by atomic mass is 19.1.